The number of anilines is 1. The quantitative estimate of drug-likeness (QED) is 0.848. The van der Waals surface area contributed by atoms with Crippen molar-refractivity contribution in [3.8, 4) is 0 Å². The van der Waals surface area contributed by atoms with Gasteiger partial charge < -0.3 is 15.3 Å². The summed E-state index contributed by atoms with van der Waals surface area (Å²) in [5, 5.41) is 12.1. The van der Waals surface area contributed by atoms with E-state index < -0.39 is 5.97 Å². The summed E-state index contributed by atoms with van der Waals surface area (Å²) in [4.78, 5) is 23.8. The van der Waals surface area contributed by atoms with Crippen LogP contribution in [0.4, 0.5) is 5.69 Å². The Bertz CT molecular complexity index is 456. The maximum atomic E-state index is 11.3. The molecule has 0 spiro atoms. The molecule has 0 radical (unpaired) electrons. The Hall–Kier alpha value is -2.04. The van der Waals surface area contributed by atoms with E-state index in [1.165, 1.54) is 0 Å². The molecule has 1 aromatic rings. The molecule has 0 aromatic heterocycles. The van der Waals surface area contributed by atoms with E-state index in [0.717, 1.165) is 12.1 Å². The number of nitrogens with zero attached hydrogens (tertiary/aromatic N) is 1. The summed E-state index contributed by atoms with van der Waals surface area (Å²) in [7, 11) is 1.80. The van der Waals surface area contributed by atoms with Crippen LogP contribution in [-0.4, -0.2) is 41.5 Å². The Morgan fingerprint density at radius 3 is 2.61 bits per heavy atom. The van der Waals surface area contributed by atoms with Gasteiger partial charge in [0.05, 0.1) is 5.56 Å². The van der Waals surface area contributed by atoms with Gasteiger partial charge in [-0.25, -0.2) is 4.79 Å². The molecule has 1 fully saturated rings. The van der Waals surface area contributed by atoms with Crippen molar-refractivity contribution in [2.45, 2.75) is 18.9 Å². The van der Waals surface area contributed by atoms with Gasteiger partial charge in [0, 0.05) is 31.7 Å². The number of carboxylic acids is 1. The highest BCUT2D eigenvalue weighted by Crippen LogP contribution is 2.16. The zero-order valence-corrected chi connectivity index (χ0v) is 10.2. The first kappa shape index (κ1) is 12.4. The molecule has 18 heavy (non-hydrogen) atoms. The summed E-state index contributed by atoms with van der Waals surface area (Å²) in [5.41, 5.74) is 1.16. The van der Waals surface area contributed by atoms with E-state index in [-0.39, 0.29) is 17.5 Å². The molecule has 1 atom stereocenters. The number of carbonyl (C=O) groups excluding carboxylic acids is 1. The molecule has 0 saturated carbocycles. The summed E-state index contributed by atoms with van der Waals surface area (Å²) >= 11 is 0. The molecule has 96 valence electrons. The predicted octanol–water partition coefficient (Wildman–Crippen LogP) is 1.42. The highest BCUT2D eigenvalue weighted by molar-refractivity contribution is 5.88. The van der Waals surface area contributed by atoms with Gasteiger partial charge in [0.15, 0.2) is 0 Å². The summed E-state index contributed by atoms with van der Waals surface area (Å²) < 4.78 is 0. The van der Waals surface area contributed by atoms with Crippen LogP contribution in [0.25, 0.3) is 0 Å². The third kappa shape index (κ3) is 2.80. The van der Waals surface area contributed by atoms with Crippen LogP contribution in [0, 0.1) is 0 Å². The van der Waals surface area contributed by atoms with Crippen LogP contribution in [-0.2, 0) is 4.79 Å². The van der Waals surface area contributed by atoms with Gasteiger partial charge in [0.2, 0.25) is 5.91 Å². The highest BCUT2D eigenvalue weighted by atomic mass is 16.4. The molecule has 1 aliphatic rings. The van der Waals surface area contributed by atoms with E-state index in [9.17, 15) is 9.59 Å². The Morgan fingerprint density at radius 2 is 2.06 bits per heavy atom. The number of aromatic carboxylic acids is 1. The number of amides is 1. The Morgan fingerprint density at radius 1 is 1.39 bits per heavy atom. The van der Waals surface area contributed by atoms with Crippen molar-refractivity contribution in [1.29, 1.82) is 0 Å². The van der Waals surface area contributed by atoms with Crippen LogP contribution in [0.15, 0.2) is 24.3 Å². The molecule has 2 rings (SSSR count). The van der Waals surface area contributed by atoms with Crippen LogP contribution in [0.5, 0.6) is 0 Å². The number of carboxylic acid groups (broad SMARTS) is 1. The lowest BCUT2D eigenvalue weighted by molar-refractivity contribution is -0.132. The molecule has 0 aliphatic carbocycles. The molecule has 1 amide bonds. The third-order valence-corrected chi connectivity index (χ3v) is 3.13. The smallest absolute Gasteiger partial charge is 0.335 e. The van der Waals surface area contributed by atoms with Crippen molar-refractivity contribution in [1.82, 2.24) is 4.90 Å². The van der Waals surface area contributed by atoms with Crippen LogP contribution in [0.1, 0.15) is 23.2 Å². The van der Waals surface area contributed by atoms with Gasteiger partial charge in [-0.1, -0.05) is 0 Å². The lowest BCUT2D eigenvalue weighted by Crippen LogP contribution is -2.43. The predicted molar refractivity (Wildman–Crippen MR) is 67.7 cm³/mol. The van der Waals surface area contributed by atoms with E-state index in [2.05, 4.69) is 5.32 Å². The highest BCUT2D eigenvalue weighted by Gasteiger charge is 2.22. The Labute approximate surface area is 105 Å². The average molecular weight is 248 g/mol. The third-order valence-electron chi connectivity index (χ3n) is 3.13. The minimum atomic E-state index is -0.926. The van der Waals surface area contributed by atoms with Crippen molar-refractivity contribution >= 4 is 17.6 Å². The van der Waals surface area contributed by atoms with Crippen molar-refractivity contribution < 1.29 is 14.7 Å². The SMILES string of the molecule is CN1CC(Nc2ccc(C(=O)O)cc2)CCC1=O. The molecule has 5 nitrogen and oxygen atoms in total. The minimum absolute atomic E-state index is 0.175. The fraction of sp³-hybridized carbons (Fsp3) is 0.385. The van der Waals surface area contributed by atoms with E-state index in [4.69, 9.17) is 5.11 Å². The fourth-order valence-corrected chi connectivity index (χ4v) is 2.07. The van der Waals surface area contributed by atoms with E-state index in [1.807, 2.05) is 0 Å². The van der Waals surface area contributed by atoms with Gasteiger partial charge in [-0.3, -0.25) is 4.79 Å². The summed E-state index contributed by atoms with van der Waals surface area (Å²) in [6, 6.07) is 6.87. The van der Waals surface area contributed by atoms with Crippen molar-refractivity contribution in [2.75, 3.05) is 18.9 Å². The first-order valence-corrected chi connectivity index (χ1v) is 5.90. The van der Waals surface area contributed by atoms with E-state index in [1.54, 1.807) is 36.2 Å². The number of hydrogen-bond donors (Lipinski definition) is 2. The Kier molecular flexibility index (Phi) is 3.50. The second-order valence-corrected chi connectivity index (χ2v) is 4.54. The molecule has 0 bridgehead atoms. The van der Waals surface area contributed by atoms with E-state index >= 15 is 0 Å². The monoisotopic (exact) mass is 248 g/mol. The maximum Gasteiger partial charge on any atom is 0.335 e. The first-order chi connectivity index (χ1) is 8.56. The summed E-state index contributed by atoms with van der Waals surface area (Å²) in [6.45, 7) is 0.680. The summed E-state index contributed by atoms with van der Waals surface area (Å²) in [5.74, 6) is -0.751. The molecule has 1 heterocycles. The molecular formula is C13H16N2O3. The van der Waals surface area contributed by atoms with Crippen molar-refractivity contribution in [3.05, 3.63) is 29.8 Å². The topological polar surface area (TPSA) is 69.6 Å². The molecule has 5 heteroatoms. The van der Waals surface area contributed by atoms with Gasteiger partial charge in [0.25, 0.3) is 0 Å². The second-order valence-electron chi connectivity index (χ2n) is 4.54. The van der Waals surface area contributed by atoms with E-state index in [0.29, 0.717) is 13.0 Å². The number of piperidine rings is 1. The normalized spacial score (nSPS) is 19.7. The largest absolute Gasteiger partial charge is 0.478 e. The molecule has 1 aliphatic heterocycles. The minimum Gasteiger partial charge on any atom is -0.478 e. The Balaban J connectivity index is 1.97. The van der Waals surface area contributed by atoms with Crippen LogP contribution in [0.2, 0.25) is 0 Å². The number of hydrogen-bond acceptors (Lipinski definition) is 3. The lowest BCUT2D eigenvalue weighted by Gasteiger charge is -2.30. The number of likely N-dealkylation sites (tertiary alicyclic amines) is 1. The van der Waals surface area contributed by atoms with Crippen LogP contribution in [0.3, 0.4) is 0 Å². The molecule has 1 aromatic carbocycles. The number of rotatable bonds is 3. The fourth-order valence-electron chi connectivity index (χ4n) is 2.07. The van der Waals surface area contributed by atoms with Crippen LogP contribution >= 0.6 is 0 Å². The maximum absolute atomic E-state index is 11.3. The zero-order chi connectivity index (χ0) is 13.1. The lowest BCUT2D eigenvalue weighted by atomic mass is 10.1. The molecular weight excluding hydrogens is 232 g/mol. The number of benzene rings is 1. The van der Waals surface area contributed by atoms with Crippen molar-refractivity contribution in [2.24, 2.45) is 0 Å². The van der Waals surface area contributed by atoms with Gasteiger partial charge >= 0.3 is 5.97 Å². The van der Waals surface area contributed by atoms with Gasteiger partial charge in [-0.15, -0.1) is 0 Å². The van der Waals surface area contributed by atoms with Gasteiger partial charge in [-0.05, 0) is 30.7 Å². The molecule has 2 N–H and O–H groups in total. The van der Waals surface area contributed by atoms with Crippen molar-refractivity contribution in [3.63, 3.8) is 0 Å². The zero-order valence-electron chi connectivity index (χ0n) is 10.2. The molecule has 1 saturated heterocycles. The second kappa shape index (κ2) is 5.08. The summed E-state index contributed by atoms with van der Waals surface area (Å²) in [6.07, 6.45) is 1.37. The van der Waals surface area contributed by atoms with Gasteiger partial charge in [0.1, 0.15) is 0 Å². The molecule has 1 unspecified atom stereocenters. The number of likely N-dealkylation sites (N-methyl/N-ethyl adjacent to an activating group) is 1. The van der Waals surface area contributed by atoms with Gasteiger partial charge in [-0.2, -0.15) is 0 Å². The average Bonchev–Trinajstić information content (AvgIpc) is 2.34. The number of nitrogens with one attached hydrogen (secondary N) is 1. The number of carbonyl (C=O) groups is 2. The first-order valence-electron chi connectivity index (χ1n) is 5.90. The van der Waals surface area contributed by atoms with Crippen LogP contribution < -0.4 is 5.32 Å². The standard InChI is InChI=1S/C13H16N2O3/c1-15-8-11(6-7-12(15)16)14-10-4-2-9(3-5-10)13(17)18/h2-5,11,14H,6-8H2,1H3,(H,17,18).